The van der Waals surface area contributed by atoms with Crippen LogP contribution < -0.4 is 5.32 Å². The molecule has 0 aromatic carbocycles. The van der Waals surface area contributed by atoms with Crippen LogP contribution in [0.1, 0.15) is 0 Å². The zero-order valence-corrected chi connectivity index (χ0v) is 10.1. The molecular weight excluding hydrogens is 242 g/mol. The van der Waals surface area contributed by atoms with Gasteiger partial charge in [0.1, 0.15) is 0 Å². The van der Waals surface area contributed by atoms with Gasteiger partial charge in [0, 0.05) is 19.3 Å². The maximum Gasteiger partial charge on any atom is 0.238 e. The number of amides is 1. The van der Waals surface area contributed by atoms with Gasteiger partial charge in [0.15, 0.2) is 5.15 Å². The van der Waals surface area contributed by atoms with Gasteiger partial charge in [0.25, 0.3) is 0 Å². The third kappa shape index (κ3) is 3.66. The number of morpholine rings is 1. The van der Waals surface area contributed by atoms with E-state index in [1.807, 2.05) is 4.90 Å². The van der Waals surface area contributed by atoms with Crippen molar-refractivity contribution >= 4 is 23.2 Å². The number of aromatic nitrogens is 1. The number of pyridine rings is 1. The molecule has 92 valence electrons. The first-order valence-electron chi connectivity index (χ1n) is 5.46. The summed E-state index contributed by atoms with van der Waals surface area (Å²) in [5.41, 5.74) is 0.549. The molecule has 0 saturated carbocycles. The second kappa shape index (κ2) is 5.95. The SMILES string of the molecule is O=C(CN1CCOCC1)Nc1cccnc1Cl. The first-order chi connectivity index (χ1) is 8.25. The molecule has 1 fully saturated rings. The second-order valence-electron chi connectivity index (χ2n) is 3.78. The van der Waals surface area contributed by atoms with Crippen LogP contribution in [-0.4, -0.2) is 48.6 Å². The fraction of sp³-hybridized carbons (Fsp3) is 0.455. The van der Waals surface area contributed by atoms with E-state index in [9.17, 15) is 4.79 Å². The predicted octanol–water partition coefficient (Wildman–Crippen LogP) is 1.01. The molecule has 0 atom stereocenters. The zero-order valence-electron chi connectivity index (χ0n) is 9.36. The Morgan fingerprint density at radius 3 is 3.00 bits per heavy atom. The lowest BCUT2D eigenvalue weighted by molar-refractivity contribution is -0.118. The number of nitrogens with one attached hydrogen (secondary N) is 1. The van der Waals surface area contributed by atoms with Crippen molar-refractivity contribution in [2.24, 2.45) is 0 Å². The van der Waals surface area contributed by atoms with Crippen LogP contribution in [0.5, 0.6) is 0 Å². The highest BCUT2D eigenvalue weighted by atomic mass is 35.5. The molecule has 1 aliphatic heterocycles. The molecule has 2 rings (SSSR count). The predicted molar refractivity (Wildman–Crippen MR) is 65.1 cm³/mol. The number of nitrogens with zero attached hydrogens (tertiary/aromatic N) is 2. The monoisotopic (exact) mass is 255 g/mol. The normalized spacial score (nSPS) is 16.8. The van der Waals surface area contributed by atoms with E-state index in [1.54, 1.807) is 18.3 Å². The number of carbonyl (C=O) groups excluding carboxylic acids is 1. The van der Waals surface area contributed by atoms with Gasteiger partial charge in [0.2, 0.25) is 5.91 Å². The lowest BCUT2D eigenvalue weighted by Crippen LogP contribution is -2.41. The summed E-state index contributed by atoms with van der Waals surface area (Å²) in [5.74, 6) is -0.0817. The number of carbonyl (C=O) groups is 1. The molecule has 0 radical (unpaired) electrons. The molecule has 1 saturated heterocycles. The van der Waals surface area contributed by atoms with Crippen LogP contribution in [0.3, 0.4) is 0 Å². The average molecular weight is 256 g/mol. The summed E-state index contributed by atoms with van der Waals surface area (Å²) in [6.07, 6.45) is 1.58. The summed E-state index contributed by atoms with van der Waals surface area (Å²) >= 11 is 5.85. The van der Waals surface area contributed by atoms with E-state index in [0.717, 1.165) is 13.1 Å². The molecular formula is C11H14ClN3O2. The Morgan fingerprint density at radius 2 is 2.29 bits per heavy atom. The van der Waals surface area contributed by atoms with Gasteiger partial charge in [-0.3, -0.25) is 9.69 Å². The Kier molecular flexibility index (Phi) is 4.30. The Hall–Kier alpha value is -1.17. The lowest BCUT2D eigenvalue weighted by Gasteiger charge is -2.25. The van der Waals surface area contributed by atoms with E-state index in [2.05, 4.69) is 10.3 Å². The summed E-state index contributed by atoms with van der Waals surface area (Å²) in [5, 5.41) is 3.05. The Labute approximate surface area is 105 Å². The summed E-state index contributed by atoms with van der Waals surface area (Å²) in [6, 6.07) is 3.46. The third-order valence-electron chi connectivity index (χ3n) is 2.50. The molecule has 5 nitrogen and oxygen atoms in total. The van der Waals surface area contributed by atoms with Crippen molar-refractivity contribution in [1.29, 1.82) is 0 Å². The summed E-state index contributed by atoms with van der Waals surface area (Å²) in [6.45, 7) is 3.29. The number of hydrogen-bond donors (Lipinski definition) is 1. The number of ether oxygens (including phenoxy) is 1. The maximum absolute atomic E-state index is 11.8. The third-order valence-corrected chi connectivity index (χ3v) is 2.81. The molecule has 2 heterocycles. The van der Waals surface area contributed by atoms with Crippen molar-refractivity contribution in [3.05, 3.63) is 23.5 Å². The van der Waals surface area contributed by atoms with E-state index < -0.39 is 0 Å². The quantitative estimate of drug-likeness (QED) is 0.819. The number of rotatable bonds is 3. The van der Waals surface area contributed by atoms with Gasteiger partial charge in [0.05, 0.1) is 25.4 Å². The highest BCUT2D eigenvalue weighted by Gasteiger charge is 2.14. The Balaban J connectivity index is 1.86. The van der Waals surface area contributed by atoms with E-state index in [-0.39, 0.29) is 5.91 Å². The second-order valence-corrected chi connectivity index (χ2v) is 4.14. The van der Waals surface area contributed by atoms with E-state index in [0.29, 0.717) is 30.6 Å². The standard InChI is InChI=1S/C11H14ClN3O2/c12-11-9(2-1-3-13-11)14-10(16)8-15-4-6-17-7-5-15/h1-3H,4-8H2,(H,14,16). The van der Waals surface area contributed by atoms with Crippen molar-refractivity contribution in [1.82, 2.24) is 9.88 Å². The topological polar surface area (TPSA) is 54.5 Å². The minimum atomic E-state index is -0.0817. The molecule has 1 amide bonds. The van der Waals surface area contributed by atoms with Crippen LogP contribution in [-0.2, 0) is 9.53 Å². The summed E-state index contributed by atoms with van der Waals surface area (Å²) in [4.78, 5) is 17.7. The van der Waals surface area contributed by atoms with Crippen LogP contribution in [0.2, 0.25) is 5.15 Å². The summed E-state index contributed by atoms with van der Waals surface area (Å²) < 4.78 is 5.21. The van der Waals surface area contributed by atoms with Crippen LogP contribution in [0.15, 0.2) is 18.3 Å². The van der Waals surface area contributed by atoms with Gasteiger partial charge in [-0.05, 0) is 12.1 Å². The van der Waals surface area contributed by atoms with Gasteiger partial charge in [-0.2, -0.15) is 0 Å². The zero-order chi connectivity index (χ0) is 12.1. The van der Waals surface area contributed by atoms with Crippen LogP contribution in [0.25, 0.3) is 0 Å². The van der Waals surface area contributed by atoms with Gasteiger partial charge in [-0.25, -0.2) is 4.98 Å². The van der Waals surface area contributed by atoms with Crippen molar-refractivity contribution in [2.75, 3.05) is 38.2 Å². The summed E-state index contributed by atoms with van der Waals surface area (Å²) in [7, 11) is 0. The average Bonchev–Trinajstić information content (AvgIpc) is 2.33. The molecule has 0 unspecified atom stereocenters. The van der Waals surface area contributed by atoms with Crippen molar-refractivity contribution < 1.29 is 9.53 Å². The van der Waals surface area contributed by atoms with Crippen LogP contribution in [0, 0.1) is 0 Å². The molecule has 1 aromatic heterocycles. The number of anilines is 1. The minimum absolute atomic E-state index is 0.0817. The first kappa shape index (κ1) is 12.3. The Bertz CT molecular complexity index is 394. The molecule has 6 heteroatoms. The van der Waals surface area contributed by atoms with Crippen molar-refractivity contribution in [2.45, 2.75) is 0 Å². The molecule has 17 heavy (non-hydrogen) atoms. The maximum atomic E-state index is 11.8. The smallest absolute Gasteiger partial charge is 0.238 e. The fourth-order valence-electron chi connectivity index (χ4n) is 1.63. The largest absolute Gasteiger partial charge is 0.379 e. The molecule has 1 aliphatic rings. The molecule has 0 aliphatic carbocycles. The van der Waals surface area contributed by atoms with E-state index in [4.69, 9.17) is 16.3 Å². The van der Waals surface area contributed by atoms with Gasteiger partial charge >= 0.3 is 0 Å². The van der Waals surface area contributed by atoms with Gasteiger partial charge < -0.3 is 10.1 Å². The molecule has 0 spiro atoms. The van der Waals surface area contributed by atoms with Gasteiger partial charge in [-0.1, -0.05) is 11.6 Å². The highest BCUT2D eigenvalue weighted by Crippen LogP contribution is 2.17. The van der Waals surface area contributed by atoms with Crippen LogP contribution in [0.4, 0.5) is 5.69 Å². The number of hydrogen-bond acceptors (Lipinski definition) is 4. The Morgan fingerprint density at radius 1 is 1.53 bits per heavy atom. The fourth-order valence-corrected chi connectivity index (χ4v) is 1.80. The number of halogens is 1. The van der Waals surface area contributed by atoms with Crippen LogP contribution >= 0.6 is 11.6 Å². The van der Waals surface area contributed by atoms with E-state index >= 15 is 0 Å². The van der Waals surface area contributed by atoms with Crippen molar-refractivity contribution in [3.8, 4) is 0 Å². The van der Waals surface area contributed by atoms with E-state index in [1.165, 1.54) is 0 Å². The molecule has 1 aromatic rings. The van der Waals surface area contributed by atoms with Crippen molar-refractivity contribution in [3.63, 3.8) is 0 Å². The highest BCUT2D eigenvalue weighted by molar-refractivity contribution is 6.32. The lowest BCUT2D eigenvalue weighted by atomic mass is 10.3. The molecule has 0 bridgehead atoms. The molecule has 1 N–H and O–H groups in total. The first-order valence-corrected chi connectivity index (χ1v) is 5.84. The van der Waals surface area contributed by atoms with Gasteiger partial charge in [-0.15, -0.1) is 0 Å². The minimum Gasteiger partial charge on any atom is -0.379 e.